The van der Waals surface area contributed by atoms with Crippen LogP contribution in [0.4, 0.5) is 5.82 Å². The minimum absolute atomic E-state index is 0.168. The van der Waals surface area contributed by atoms with E-state index in [1.165, 1.54) is 17.4 Å². The van der Waals surface area contributed by atoms with E-state index in [1.54, 1.807) is 24.7 Å². The van der Waals surface area contributed by atoms with Crippen LogP contribution in [0.1, 0.15) is 20.3 Å². The summed E-state index contributed by atoms with van der Waals surface area (Å²) in [5.41, 5.74) is 1.16. The van der Waals surface area contributed by atoms with Crippen molar-refractivity contribution in [2.45, 2.75) is 20.3 Å². The molecular weight excluding hydrogens is 366 g/mol. The second-order valence-electron chi connectivity index (χ2n) is 7.96. The summed E-state index contributed by atoms with van der Waals surface area (Å²) in [6.45, 7) is 8.71. The molecule has 152 valence electrons. The summed E-state index contributed by atoms with van der Waals surface area (Å²) in [5.74, 6) is 2.71. The summed E-state index contributed by atoms with van der Waals surface area (Å²) in [6, 6.07) is 5.45. The normalized spacial score (nSPS) is 19.9. The lowest BCUT2D eigenvalue weighted by atomic mass is 9.92. The van der Waals surface area contributed by atoms with Crippen molar-refractivity contribution >= 4 is 5.82 Å². The van der Waals surface area contributed by atoms with Gasteiger partial charge in [0.05, 0.1) is 5.56 Å². The molecule has 1 fully saturated rings. The molecular formula is C21H27N7O. The standard InChI is InChI=1S/C21H27N7O/c1-15-8-16(2)13-27(12-15)7-6-23-19-9-20(25-14-24-19)28-21(29)18(11-26-28)17-4-3-5-22-10-17/h3-5,9-11,14-16,26H,6-8,12-13H2,1-2H3,(H,23,24,25). The van der Waals surface area contributed by atoms with Gasteiger partial charge in [0, 0.05) is 56.4 Å². The van der Waals surface area contributed by atoms with Crippen molar-refractivity contribution in [3.05, 3.63) is 53.5 Å². The zero-order valence-electron chi connectivity index (χ0n) is 16.9. The highest BCUT2D eigenvalue weighted by atomic mass is 16.1. The van der Waals surface area contributed by atoms with Gasteiger partial charge in [-0.05, 0) is 24.3 Å². The van der Waals surface area contributed by atoms with E-state index in [4.69, 9.17) is 0 Å². The van der Waals surface area contributed by atoms with Crippen LogP contribution >= 0.6 is 0 Å². The molecule has 0 bridgehead atoms. The minimum Gasteiger partial charge on any atom is -0.369 e. The Balaban J connectivity index is 1.43. The van der Waals surface area contributed by atoms with Gasteiger partial charge >= 0.3 is 0 Å². The Kier molecular flexibility index (Phi) is 5.71. The molecule has 0 aromatic carbocycles. The van der Waals surface area contributed by atoms with E-state index < -0.39 is 0 Å². The van der Waals surface area contributed by atoms with Crippen molar-refractivity contribution in [3.8, 4) is 16.9 Å². The Morgan fingerprint density at radius 3 is 2.83 bits per heavy atom. The van der Waals surface area contributed by atoms with Gasteiger partial charge in [-0.25, -0.2) is 14.6 Å². The number of aromatic amines is 1. The lowest BCUT2D eigenvalue weighted by molar-refractivity contribution is 0.146. The monoisotopic (exact) mass is 393 g/mol. The van der Waals surface area contributed by atoms with Crippen LogP contribution in [0.2, 0.25) is 0 Å². The number of nitrogens with one attached hydrogen (secondary N) is 2. The molecule has 3 aromatic heterocycles. The lowest BCUT2D eigenvalue weighted by Crippen LogP contribution is -2.41. The Morgan fingerprint density at radius 1 is 1.24 bits per heavy atom. The first-order valence-corrected chi connectivity index (χ1v) is 10.1. The maximum Gasteiger partial charge on any atom is 0.280 e. The maximum atomic E-state index is 12.8. The van der Waals surface area contributed by atoms with Crippen molar-refractivity contribution in [3.63, 3.8) is 0 Å². The average Bonchev–Trinajstić information content (AvgIpc) is 3.09. The Labute approximate surface area is 170 Å². The Morgan fingerprint density at radius 2 is 2.07 bits per heavy atom. The number of anilines is 1. The van der Waals surface area contributed by atoms with Gasteiger partial charge in [0.25, 0.3) is 5.56 Å². The molecule has 8 heteroatoms. The van der Waals surface area contributed by atoms with Gasteiger partial charge in [-0.2, -0.15) is 0 Å². The van der Waals surface area contributed by atoms with Gasteiger partial charge in [0.15, 0.2) is 5.82 Å². The molecule has 29 heavy (non-hydrogen) atoms. The fourth-order valence-corrected chi connectivity index (χ4v) is 4.15. The van der Waals surface area contributed by atoms with Crippen LogP contribution in [0.15, 0.2) is 47.9 Å². The molecule has 0 amide bonds. The van der Waals surface area contributed by atoms with Crippen molar-refractivity contribution in [1.29, 1.82) is 0 Å². The first-order valence-electron chi connectivity index (χ1n) is 10.1. The number of likely N-dealkylation sites (tertiary alicyclic amines) is 1. The zero-order chi connectivity index (χ0) is 20.2. The average molecular weight is 393 g/mol. The predicted molar refractivity (Wildman–Crippen MR) is 113 cm³/mol. The summed E-state index contributed by atoms with van der Waals surface area (Å²) in [5, 5.41) is 6.34. The molecule has 0 saturated carbocycles. The smallest absolute Gasteiger partial charge is 0.280 e. The second-order valence-corrected chi connectivity index (χ2v) is 7.96. The van der Waals surface area contributed by atoms with E-state index in [0.29, 0.717) is 17.2 Å². The number of hydrogen-bond acceptors (Lipinski definition) is 6. The summed E-state index contributed by atoms with van der Waals surface area (Å²) >= 11 is 0. The minimum atomic E-state index is -0.168. The largest absolute Gasteiger partial charge is 0.369 e. The van der Waals surface area contributed by atoms with Crippen LogP contribution < -0.4 is 10.9 Å². The van der Waals surface area contributed by atoms with Crippen molar-refractivity contribution in [2.24, 2.45) is 11.8 Å². The number of pyridine rings is 1. The molecule has 2 unspecified atom stereocenters. The number of rotatable bonds is 6. The topological polar surface area (TPSA) is 91.7 Å². The van der Waals surface area contributed by atoms with Gasteiger partial charge < -0.3 is 10.2 Å². The predicted octanol–water partition coefficient (Wildman–Crippen LogP) is 2.41. The van der Waals surface area contributed by atoms with Crippen LogP contribution in [0.5, 0.6) is 0 Å². The fraction of sp³-hybridized carbons (Fsp3) is 0.429. The highest BCUT2D eigenvalue weighted by Crippen LogP contribution is 2.20. The molecule has 0 radical (unpaired) electrons. The third kappa shape index (κ3) is 4.54. The summed E-state index contributed by atoms with van der Waals surface area (Å²) in [6.07, 6.45) is 7.81. The number of aromatic nitrogens is 5. The highest BCUT2D eigenvalue weighted by molar-refractivity contribution is 5.60. The quantitative estimate of drug-likeness (QED) is 0.668. The summed E-state index contributed by atoms with van der Waals surface area (Å²) < 4.78 is 1.42. The number of piperidine rings is 1. The first-order chi connectivity index (χ1) is 14.1. The van der Waals surface area contributed by atoms with E-state index in [2.05, 4.69) is 44.1 Å². The molecule has 2 N–H and O–H groups in total. The van der Waals surface area contributed by atoms with Gasteiger partial charge in [0.2, 0.25) is 0 Å². The van der Waals surface area contributed by atoms with Gasteiger partial charge in [-0.1, -0.05) is 19.9 Å². The van der Waals surface area contributed by atoms with E-state index >= 15 is 0 Å². The van der Waals surface area contributed by atoms with Crippen LogP contribution in [-0.4, -0.2) is 55.8 Å². The number of nitrogens with zero attached hydrogens (tertiary/aromatic N) is 5. The molecule has 0 aliphatic carbocycles. The molecule has 2 atom stereocenters. The van der Waals surface area contributed by atoms with Gasteiger partial charge in [-0.3, -0.25) is 14.9 Å². The van der Waals surface area contributed by atoms with E-state index in [9.17, 15) is 4.79 Å². The Bertz CT molecular complexity index is 988. The van der Waals surface area contributed by atoms with Crippen LogP contribution in [0.25, 0.3) is 16.9 Å². The zero-order valence-corrected chi connectivity index (χ0v) is 16.9. The van der Waals surface area contributed by atoms with E-state index in [0.717, 1.165) is 43.6 Å². The summed E-state index contributed by atoms with van der Waals surface area (Å²) in [7, 11) is 0. The fourth-order valence-electron chi connectivity index (χ4n) is 4.15. The van der Waals surface area contributed by atoms with Crippen molar-refractivity contribution in [2.75, 3.05) is 31.5 Å². The number of hydrogen-bond donors (Lipinski definition) is 2. The molecule has 8 nitrogen and oxygen atoms in total. The molecule has 1 aliphatic heterocycles. The molecule has 1 saturated heterocycles. The molecule has 4 rings (SSSR count). The molecule has 1 aliphatic rings. The number of H-pyrrole nitrogens is 1. The van der Waals surface area contributed by atoms with Crippen molar-refractivity contribution < 1.29 is 0 Å². The van der Waals surface area contributed by atoms with Gasteiger partial charge in [-0.15, -0.1) is 0 Å². The van der Waals surface area contributed by atoms with E-state index in [-0.39, 0.29) is 5.56 Å². The van der Waals surface area contributed by atoms with E-state index in [1.807, 2.05) is 12.1 Å². The lowest BCUT2D eigenvalue weighted by Gasteiger charge is -2.34. The molecule has 0 spiro atoms. The highest BCUT2D eigenvalue weighted by Gasteiger charge is 2.21. The Hall–Kier alpha value is -3.00. The second kappa shape index (κ2) is 8.57. The van der Waals surface area contributed by atoms with Crippen LogP contribution in [0, 0.1) is 11.8 Å². The molecule has 4 heterocycles. The SMILES string of the molecule is CC1CC(C)CN(CCNc2cc(-n3[nH]cc(-c4cccnc4)c3=O)ncn2)C1. The van der Waals surface area contributed by atoms with Crippen LogP contribution in [-0.2, 0) is 0 Å². The summed E-state index contributed by atoms with van der Waals surface area (Å²) in [4.78, 5) is 27.9. The van der Waals surface area contributed by atoms with Gasteiger partial charge in [0.1, 0.15) is 12.1 Å². The first kappa shape index (κ1) is 19.3. The third-order valence-electron chi connectivity index (χ3n) is 5.30. The van der Waals surface area contributed by atoms with Crippen LogP contribution in [0.3, 0.4) is 0 Å². The third-order valence-corrected chi connectivity index (χ3v) is 5.30. The van der Waals surface area contributed by atoms with Crippen molar-refractivity contribution in [1.82, 2.24) is 29.6 Å². The maximum absolute atomic E-state index is 12.8. The molecule has 3 aromatic rings.